The van der Waals surface area contributed by atoms with Gasteiger partial charge in [-0.05, 0) is 104 Å². The maximum absolute atomic E-state index is 7.22. The van der Waals surface area contributed by atoms with Crippen molar-refractivity contribution in [3.63, 3.8) is 0 Å². The van der Waals surface area contributed by atoms with Crippen LogP contribution in [0.4, 0.5) is 34.1 Å². The minimum Gasteiger partial charge on any atom is -0.453 e. The highest BCUT2D eigenvalue weighted by Gasteiger charge is 2.49. The third-order valence-electron chi connectivity index (χ3n) is 18.6. The van der Waals surface area contributed by atoms with Crippen molar-refractivity contribution in [3.05, 3.63) is 301 Å². The number of rotatable bonds is 10. The van der Waals surface area contributed by atoms with E-state index in [0.29, 0.717) is 0 Å². The van der Waals surface area contributed by atoms with E-state index in [4.69, 9.17) is 8.83 Å². The molecule has 0 saturated heterocycles. The highest BCUT2D eigenvalue weighted by atomic mass is 32.1. The Balaban J connectivity index is 0.810. The smallest absolute Gasteiger partial charge is 0.159 e. The molecule has 0 bridgehead atoms. The number of fused-ring (bicyclic) bond motifs is 13. The zero-order valence-electron chi connectivity index (χ0n) is 48.7. The van der Waals surface area contributed by atoms with E-state index in [-0.39, 0.29) is 10.8 Å². The molecule has 5 heteroatoms. The number of hydrogen-bond donors (Lipinski definition) is 0. The molecular formula is C82H58N2O2S. The van der Waals surface area contributed by atoms with E-state index in [1.54, 1.807) is 0 Å². The zero-order valence-corrected chi connectivity index (χ0v) is 49.5. The van der Waals surface area contributed by atoms with Crippen LogP contribution in [0.25, 0.3) is 109 Å². The Hall–Kier alpha value is -10.5. The number of benzene rings is 12. The van der Waals surface area contributed by atoms with Crippen molar-refractivity contribution in [2.24, 2.45) is 0 Å². The lowest BCUT2D eigenvalue weighted by Crippen LogP contribution is -2.23. The van der Waals surface area contributed by atoms with Gasteiger partial charge in [0, 0.05) is 75.8 Å². The Bertz CT molecular complexity index is 4900. The Morgan fingerprint density at radius 1 is 0.276 bits per heavy atom. The molecular weight excluding hydrogens is 1080 g/mol. The van der Waals surface area contributed by atoms with Crippen molar-refractivity contribution in [3.8, 4) is 65.4 Å². The van der Waals surface area contributed by atoms with Crippen molar-refractivity contribution in [2.75, 3.05) is 9.80 Å². The number of nitrogens with zero attached hydrogens (tertiary/aromatic N) is 2. The normalized spacial score (nSPS) is 13.5. The van der Waals surface area contributed by atoms with E-state index in [1.807, 2.05) is 11.3 Å². The summed E-state index contributed by atoms with van der Waals surface area (Å²) in [5.74, 6) is 0. The molecule has 3 aromatic heterocycles. The van der Waals surface area contributed by atoms with Gasteiger partial charge in [-0.25, -0.2) is 0 Å². The first-order valence-corrected chi connectivity index (χ1v) is 30.9. The van der Waals surface area contributed by atoms with Gasteiger partial charge in [0.1, 0.15) is 11.2 Å². The molecule has 17 rings (SSSR count). The summed E-state index contributed by atoms with van der Waals surface area (Å²) in [7, 11) is 0. The number of hydrogen-bond acceptors (Lipinski definition) is 5. The summed E-state index contributed by atoms with van der Waals surface area (Å²) in [6.07, 6.45) is 0. The molecule has 87 heavy (non-hydrogen) atoms. The van der Waals surface area contributed by atoms with Crippen LogP contribution in [0.15, 0.2) is 288 Å². The Kier molecular flexibility index (Phi) is 11.5. The molecule has 0 saturated carbocycles. The average Bonchev–Trinajstić information content (AvgIpc) is 1.62. The maximum Gasteiger partial charge on any atom is 0.159 e. The van der Waals surface area contributed by atoms with Gasteiger partial charge in [0.25, 0.3) is 0 Å². The molecule has 2 aliphatic carbocycles. The first-order valence-electron chi connectivity index (χ1n) is 30.1. The Labute approximate surface area is 510 Å². The van der Waals surface area contributed by atoms with E-state index in [1.165, 1.54) is 43.1 Å². The van der Waals surface area contributed by atoms with Gasteiger partial charge in [-0.2, -0.15) is 0 Å². The number of furan rings is 2. The third-order valence-corrected chi connectivity index (χ3v) is 19.9. The largest absolute Gasteiger partial charge is 0.453 e. The summed E-state index contributed by atoms with van der Waals surface area (Å²) in [4.78, 5) is 7.62. The van der Waals surface area contributed by atoms with E-state index in [9.17, 15) is 0 Å². The lowest BCUT2D eigenvalue weighted by Gasteiger charge is -2.32. The molecule has 2 aliphatic rings. The van der Waals surface area contributed by atoms with Gasteiger partial charge in [-0.3, -0.25) is 0 Å². The summed E-state index contributed by atoms with van der Waals surface area (Å²) in [5.41, 5.74) is 26.1. The third kappa shape index (κ3) is 7.75. The highest BCUT2D eigenvalue weighted by molar-refractivity contribution is 7.19. The summed E-state index contributed by atoms with van der Waals surface area (Å²) in [6, 6.07) is 101. The average molecular weight is 1140 g/mol. The fourth-order valence-electron chi connectivity index (χ4n) is 14.6. The van der Waals surface area contributed by atoms with Crippen LogP contribution in [0, 0.1) is 0 Å². The molecule has 414 valence electrons. The fraction of sp³-hybridized carbons (Fsp3) is 0.0732. The summed E-state index contributed by atoms with van der Waals surface area (Å²) >= 11 is 1.96. The minimum atomic E-state index is -0.344. The van der Waals surface area contributed by atoms with E-state index in [2.05, 4.69) is 317 Å². The fourth-order valence-corrected chi connectivity index (χ4v) is 16.3. The molecule has 12 aromatic carbocycles. The van der Waals surface area contributed by atoms with Crippen LogP contribution in [0.5, 0.6) is 0 Å². The first kappa shape index (κ1) is 51.0. The monoisotopic (exact) mass is 1130 g/mol. The SMILES string of the molecule is CC1(C)c2cc(N(c3ccccc3-c3ccccc3)c3cccc4c3oc3c(-c5ccccc5)cccc34)ccc2-c2sc3c(c21)C(C)(C)c1cc(N(c2ccccc2-c2ccccc2)c2cccc4c2oc2c(-c5ccccc5)cccc24)ccc1-3. The molecule has 0 fully saturated rings. The topological polar surface area (TPSA) is 32.8 Å². The quantitative estimate of drug-likeness (QED) is 0.137. The Morgan fingerprint density at radius 2 is 0.586 bits per heavy atom. The van der Waals surface area contributed by atoms with Crippen molar-refractivity contribution in [1.82, 2.24) is 0 Å². The molecule has 4 nitrogen and oxygen atoms in total. The first-order chi connectivity index (χ1) is 42.7. The predicted octanol–water partition coefficient (Wildman–Crippen LogP) is 23.8. The molecule has 0 radical (unpaired) electrons. The predicted molar refractivity (Wildman–Crippen MR) is 365 cm³/mol. The molecule has 3 heterocycles. The lowest BCUT2D eigenvalue weighted by atomic mass is 9.74. The van der Waals surface area contributed by atoms with Gasteiger partial charge < -0.3 is 18.6 Å². The molecule has 0 atom stereocenters. The molecule has 0 amide bonds. The summed E-state index contributed by atoms with van der Waals surface area (Å²) in [5, 5.41) is 4.36. The van der Waals surface area contributed by atoms with Crippen LogP contribution in [-0.4, -0.2) is 0 Å². The van der Waals surface area contributed by atoms with E-state index < -0.39 is 0 Å². The number of thiophene rings is 1. The van der Waals surface area contributed by atoms with Crippen molar-refractivity contribution in [1.29, 1.82) is 0 Å². The van der Waals surface area contributed by atoms with Crippen LogP contribution < -0.4 is 9.80 Å². The molecule has 0 unspecified atom stereocenters. The summed E-state index contributed by atoms with van der Waals surface area (Å²) < 4.78 is 14.4. The number of para-hydroxylation sites is 6. The van der Waals surface area contributed by atoms with Gasteiger partial charge in [0.05, 0.1) is 22.7 Å². The molecule has 0 spiro atoms. The zero-order chi connectivity index (χ0) is 58.1. The van der Waals surface area contributed by atoms with E-state index >= 15 is 0 Å². The second-order valence-corrected chi connectivity index (χ2v) is 25.3. The van der Waals surface area contributed by atoms with Gasteiger partial charge in [-0.15, -0.1) is 11.3 Å². The highest BCUT2D eigenvalue weighted by Crippen LogP contribution is 2.65. The maximum atomic E-state index is 7.22. The van der Waals surface area contributed by atoms with Gasteiger partial charge in [0.15, 0.2) is 11.2 Å². The van der Waals surface area contributed by atoms with Gasteiger partial charge in [0.2, 0.25) is 0 Å². The van der Waals surface area contributed by atoms with Crippen molar-refractivity contribution < 1.29 is 8.83 Å². The second kappa shape index (κ2) is 19.5. The van der Waals surface area contributed by atoms with Crippen LogP contribution in [-0.2, 0) is 10.8 Å². The molecule has 0 N–H and O–H groups in total. The molecule has 15 aromatic rings. The second-order valence-electron chi connectivity index (χ2n) is 24.3. The molecule has 0 aliphatic heterocycles. The van der Waals surface area contributed by atoms with Crippen LogP contribution in [0.3, 0.4) is 0 Å². The van der Waals surface area contributed by atoms with E-state index in [0.717, 1.165) is 123 Å². The van der Waals surface area contributed by atoms with Crippen molar-refractivity contribution in [2.45, 2.75) is 38.5 Å². The van der Waals surface area contributed by atoms with Crippen LogP contribution >= 0.6 is 11.3 Å². The lowest BCUT2D eigenvalue weighted by molar-refractivity contribution is 0.603. The van der Waals surface area contributed by atoms with Crippen LogP contribution in [0.1, 0.15) is 49.9 Å². The van der Waals surface area contributed by atoms with Crippen molar-refractivity contribution >= 4 is 89.3 Å². The summed E-state index contributed by atoms with van der Waals surface area (Å²) in [6.45, 7) is 9.80. The van der Waals surface area contributed by atoms with Gasteiger partial charge in [-0.1, -0.05) is 258 Å². The van der Waals surface area contributed by atoms with Crippen LogP contribution in [0.2, 0.25) is 0 Å². The number of anilines is 6. The standard InChI is InChI=1S/C82H58N2O2S/c1-81(2)67-49-55(83(69-41-19-17-33-57(69)51-25-9-5-10-26-51)71-43-23-39-63-61-37-21-35-59(75(61)85-77(63)71)53-29-13-7-14-30-53)45-47-65(67)79-73(81)74-80(87-79)66-48-46-56(50-68(66)82(74,3)4)84(70-42-20-18-34-58(70)52-27-11-6-12-28-52)72-44-24-40-64-62-38-22-36-60(76(62)86-78(64)72)54-31-15-8-16-32-54/h5-50H,1-4H3. The minimum absolute atomic E-state index is 0.344. The van der Waals surface area contributed by atoms with Gasteiger partial charge >= 0.3 is 0 Å². The Morgan fingerprint density at radius 3 is 0.977 bits per heavy atom.